The first-order valence-electron chi connectivity index (χ1n) is 14.0. The summed E-state index contributed by atoms with van der Waals surface area (Å²) in [6.45, 7) is 3.33. The molecule has 0 unspecified atom stereocenters. The molecular weight excluding hydrogens is 508 g/mol. The molecule has 0 bridgehead atoms. The summed E-state index contributed by atoms with van der Waals surface area (Å²) in [5, 5.41) is 9.95. The van der Waals surface area contributed by atoms with Crippen LogP contribution in [-0.4, -0.2) is 54.0 Å². The normalized spacial score (nSPS) is 25.9. The predicted octanol–water partition coefficient (Wildman–Crippen LogP) is 5.44. The van der Waals surface area contributed by atoms with Crippen LogP contribution >= 0.6 is 11.3 Å². The number of aromatic nitrogens is 1. The van der Waals surface area contributed by atoms with Gasteiger partial charge in [-0.1, -0.05) is 43.2 Å². The minimum atomic E-state index is -0.207. The van der Waals surface area contributed by atoms with Crippen molar-refractivity contribution in [1.82, 2.24) is 15.2 Å². The Balaban J connectivity index is 1.19. The molecule has 8 heteroatoms. The number of nitrogens with one attached hydrogen (secondary N) is 2. The average molecular weight is 545 g/mol. The van der Waals surface area contributed by atoms with Gasteiger partial charge in [0.2, 0.25) is 5.91 Å². The van der Waals surface area contributed by atoms with E-state index in [9.17, 15) is 9.59 Å². The van der Waals surface area contributed by atoms with Crippen molar-refractivity contribution < 1.29 is 14.3 Å². The first-order chi connectivity index (χ1) is 19.0. The van der Waals surface area contributed by atoms with Gasteiger partial charge in [0, 0.05) is 47.8 Å². The van der Waals surface area contributed by atoms with Crippen LogP contribution in [0.1, 0.15) is 59.1 Å². The monoisotopic (exact) mass is 544 g/mol. The molecule has 3 aromatic rings. The van der Waals surface area contributed by atoms with E-state index >= 15 is 0 Å². The Labute approximate surface area is 234 Å². The lowest BCUT2D eigenvalue weighted by Crippen LogP contribution is -2.50. The number of carbonyl (C=O) groups is 2. The van der Waals surface area contributed by atoms with Gasteiger partial charge in [-0.25, -0.2) is 4.98 Å². The molecular formula is C31H36N4O3S. The summed E-state index contributed by atoms with van der Waals surface area (Å²) < 4.78 is 5.54. The van der Waals surface area contributed by atoms with Crippen LogP contribution in [0.5, 0.6) is 0 Å². The summed E-state index contributed by atoms with van der Waals surface area (Å²) in [4.78, 5) is 34.1. The zero-order chi connectivity index (χ0) is 26.9. The van der Waals surface area contributed by atoms with E-state index < -0.39 is 0 Å². The van der Waals surface area contributed by atoms with Crippen molar-refractivity contribution in [3.05, 3.63) is 70.0 Å². The zero-order valence-corrected chi connectivity index (χ0v) is 23.4. The molecule has 2 fully saturated rings. The number of ether oxygens (including phenoxy) is 1. The average Bonchev–Trinajstić information content (AvgIpc) is 3.60. The van der Waals surface area contributed by atoms with Gasteiger partial charge in [0.05, 0.1) is 35.3 Å². The molecule has 7 nitrogen and oxygen atoms in total. The highest BCUT2D eigenvalue weighted by atomic mass is 32.1. The summed E-state index contributed by atoms with van der Waals surface area (Å²) in [6.07, 6.45) is 4.61. The highest BCUT2D eigenvalue weighted by Gasteiger charge is 2.48. The highest BCUT2D eigenvalue weighted by Crippen LogP contribution is 2.47. The number of aryl methyl sites for hydroxylation is 1. The fraction of sp³-hybridized carbons (Fsp3) is 0.452. The fourth-order valence-electron chi connectivity index (χ4n) is 6.77. The van der Waals surface area contributed by atoms with Gasteiger partial charge in [-0.15, -0.1) is 11.3 Å². The number of likely N-dealkylation sites (tertiary alicyclic amines) is 1. The zero-order valence-electron chi connectivity index (χ0n) is 22.6. The van der Waals surface area contributed by atoms with Crippen LogP contribution in [-0.2, 0) is 9.53 Å². The number of nitrogens with zero attached hydrogens (tertiary/aromatic N) is 2. The molecule has 6 rings (SSSR count). The molecule has 5 atom stereocenters. The number of para-hydroxylation sites is 1. The lowest BCUT2D eigenvalue weighted by molar-refractivity contribution is -0.139. The SMILES string of the molecule is COC[C@@H]1Nc2ccccc2[C@H]2[C@@H]1CCN2C(=O)[C@H]1CCCC[C@H]1NC(=O)c1ccc(-c2csc(C)n2)cc1. The second-order valence-electron chi connectivity index (χ2n) is 11.0. The van der Waals surface area contributed by atoms with Gasteiger partial charge in [-0.05, 0) is 49.9 Å². The molecule has 3 aliphatic rings. The largest absolute Gasteiger partial charge is 0.383 e. The minimum absolute atomic E-state index is 0.0373. The molecule has 2 N–H and O–H groups in total. The summed E-state index contributed by atoms with van der Waals surface area (Å²) in [5.41, 5.74) is 4.81. The Morgan fingerprint density at radius 3 is 2.67 bits per heavy atom. The van der Waals surface area contributed by atoms with Crippen molar-refractivity contribution in [3.8, 4) is 11.3 Å². The predicted molar refractivity (Wildman–Crippen MR) is 154 cm³/mol. The van der Waals surface area contributed by atoms with Gasteiger partial charge < -0.3 is 20.3 Å². The van der Waals surface area contributed by atoms with Crippen molar-refractivity contribution in [2.45, 2.75) is 57.2 Å². The number of benzene rings is 2. The molecule has 1 saturated heterocycles. The minimum Gasteiger partial charge on any atom is -0.383 e. The lowest BCUT2D eigenvalue weighted by Gasteiger charge is -2.41. The molecule has 2 aliphatic heterocycles. The maximum atomic E-state index is 14.2. The number of thiazole rings is 1. The van der Waals surface area contributed by atoms with E-state index in [1.54, 1.807) is 18.4 Å². The van der Waals surface area contributed by atoms with Gasteiger partial charge in [0.25, 0.3) is 5.91 Å². The van der Waals surface area contributed by atoms with Gasteiger partial charge in [-0.2, -0.15) is 0 Å². The molecule has 39 heavy (non-hydrogen) atoms. The smallest absolute Gasteiger partial charge is 0.251 e. The number of methoxy groups -OCH3 is 1. The Hall–Kier alpha value is -3.23. The van der Waals surface area contributed by atoms with Crippen molar-refractivity contribution in [3.63, 3.8) is 0 Å². The van der Waals surface area contributed by atoms with E-state index in [0.29, 0.717) is 18.1 Å². The van der Waals surface area contributed by atoms with Crippen LogP contribution in [0, 0.1) is 18.8 Å². The first-order valence-corrected chi connectivity index (χ1v) is 14.9. The third-order valence-corrected chi connectivity index (χ3v) is 9.45. The molecule has 2 aromatic carbocycles. The summed E-state index contributed by atoms with van der Waals surface area (Å²) in [5.74, 6) is 0.157. The molecule has 1 saturated carbocycles. The maximum absolute atomic E-state index is 14.2. The van der Waals surface area contributed by atoms with E-state index in [-0.39, 0.29) is 35.9 Å². The van der Waals surface area contributed by atoms with E-state index in [1.165, 1.54) is 5.56 Å². The standard InChI is InChI=1S/C31H36N4O3S/c1-19-32-28(18-39-19)20-11-13-21(14-12-20)30(36)34-26-10-6-4-8-24(26)31(37)35-16-15-23-27(17-38-2)33-25-9-5-3-7-22(25)29(23)35/h3,5,7,9,11-14,18,23-24,26-27,29,33H,4,6,8,10,15-17H2,1-2H3,(H,34,36)/t23-,24+,26-,27+,29+/m1/s1. The quantitative estimate of drug-likeness (QED) is 0.432. The van der Waals surface area contributed by atoms with E-state index in [1.807, 2.05) is 42.6 Å². The highest BCUT2D eigenvalue weighted by molar-refractivity contribution is 7.09. The number of fused-ring (bicyclic) bond motifs is 3. The third kappa shape index (κ3) is 5.08. The van der Waals surface area contributed by atoms with Crippen LogP contribution in [0.3, 0.4) is 0 Å². The van der Waals surface area contributed by atoms with Crippen LogP contribution in [0.4, 0.5) is 5.69 Å². The topological polar surface area (TPSA) is 83.6 Å². The molecule has 0 spiro atoms. The van der Waals surface area contributed by atoms with Crippen molar-refractivity contribution in [2.75, 3.05) is 25.6 Å². The van der Waals surface area contributed by atoms with Crippen molar-refractivity contribution >= 4 is 28.8 Å². The number of hydrogen-bond acceptors (Lipinski definition) is 6. The lowest BCUT2D eigenvalue weighted by atomic mass is 9.81. The Morgan fingerprint density at radius 1 is 1.10 bits per heavy atom. The number of hydrogen-bond donors (Lipinski definition) is 2. The number of amides is 2. The van der Waals surface area contributed by atoms with Crippen molar-refractivity contribution in [1.29, 1.82) is 0 Å². The van der Waals surface area contributed by atoms with Gasteiger partial charge >= 0.3 is 0 Å². The summed E-state index contributed by atoms with van der Waals surface area (Å²) >= 11 is 1.62. The molecule has 0 radical (unpaired) electrons. The Bertz CT molecular complexity index is 1340. The van der Waals surface area contributed by atoms with Crippen molar-refractivity contribution in [2.24, 2.45) is 11.8 Å². The van der Waals surface area contributed by atoms with E-state index in [2.05, 4.69) is 38.7 Å². The molecule has 1 aliphatic carbocycles. The summed E-state index contributed by atoms with van der Waals surface area (Å²) in [7, 11) is 1.73. The van der Waals surface area contributed by atoms with Gasteiger partial charge in [0.15, 0.2) is 0 Å². The van der Waals surface area contributed by atoms with Gasteiger partial charge in [0.1, 0.15) is 0 Å². The fourth-order valence-corrected chi connectivity index (χ4v) is 7.40. The number of rotatable bonds is 6. The molecule has 204 valence electrons. The number of carbonyl (C=O) groups excluding carboxylic acids is 2. The second kappa shape index (κ2) is 11.1. The Kier molecular flexibility index (Phi) is 7.40. The van der Waals surface area contributed by atoms with Crippen LogP contribution in [0.25, 0.3) is 11.3 Å². The summed E-state index contributed by atoms with van der Waals surface area (Å²) in [6, 6.07) is 16.0. The molecule has 1 aromatic heterocycles. The van der Waals surface area contributed by atoms with Gasteiger partial charge in [-0.3, -0.25) is 9.59 Å². The van der Waals surface area contributed by atoms with Crippen LogP contribution in [0.2, 0.25) is 0 Å². The second-order valence-corrected chi connectivity index (χ2v) is 12.1. The van der Waals surface area contributed by atoms with E-state index in [4.69, 9.17) is 4.74 Å². The number of anilines is 1. The first kappa shape index (κ1) is 26.0. The maximum Gasteiger partial charge on any atom is 0.251 e. The molecule has 3 heterocycles. The van der Waals surface area contributed by atoms with E-state index in [0.717, 1.165) is 60.6 Å². The van der Waals surface area contributed by atoms with Crippen LogP contribution < -0.4 is 10.6 Å². The third-order valence-electron chi connectivity index (χ3n) is 8.67. The Morgan fingerprint density at radius 2 is 1.90 bits per heavy atom. The van der Waals surface area contributed by atoms with Crippen LogP contribution in [0.15, 0.2) is 53.9 Å². The molecule has 2 amide bonds.